The molecule has 46 heavy (non-hydrogen) atoms. The Morgan fingerprint density at radius 2 is 1.72 bits per heavy atom. The third-order valence-corrected chi connectivity index (χ3v) is 7.80. The van der Waals surface area contributed by atoms with E-state index in [2.05, 4.69) is 22.5 Å². The molecule has 10 nitrogen and oxygen atoms in total. The van der Waals surface area contributed by atoms with Crippen LogP contribution in [0.1, 0.15) is 48.2 Å². The number of esters is 1. The molecule has 0 bridgehead atoms. The summed E-state index contributed by atoms with van der Waals surface area (Å²) in [5, 5.41) is 28.5. The number of anilines is 1. The van der Waals surface area contributed by atoms with Crippen LogP contribution in [0.2, 0.25) is 0 Å². The quantitative estimate of drug-likeness (QED) is 0.0833. The van der Waals surface area contributed by atoms with E-state index in [-0.39, 0.29) is 59.9 Å². The molecule has 3 atom stereocenters. The predicted molar refractivity (Wildman–Crippen MR) is 173 cm³/mol. The summed E-state index contributed by atoms with van der Waals surface area (Å²) in [6, 6.07) is 18.5. The third-order valence-electron chi connectivity index (χ3n) is 7.80. The van der Waals surface area contributed by atoms with E-state index < -0.39 is 18.0 Å². The molecular formula is C35H43IN4O6. The molecule has 0 saturated carbocycles. The van der Waals surface area contributed by atoms with Crippen molar-refractivity contribution in [3.8, 4) is 11.5 Å². The lowest BCUT2D eigenvalue weighted by Gasteiger charge is -2.44. The highest BCUT2D eigenvalue weighted by molar-refractivity contribution is 5.95. The number of urea groups is 1. The first kappa shape index (κ1) is 36.4. The third kappa shape index (κ3) is 10.8. The monoisotopic (exact) mass is 742 g/mol. The minimum absolute atomic E-state index is 0. The number of carbonyl (C=O) groups excluding carboxylic acids is 3. The molecule has 3 amide bonds. The molecule has 0 aliphatic carbocycles. The summed E-state index contributed by atoms with van der Waals surface area (Å²) < 4.78 is 5.90. The van der Waals surface area contributed by atoms with Gasteiger partial charge in [-0.3, -0.25) is 4.79 Å². The van der Waals surface area contributed by atoms with Gasteiger partial charge in [-0.2, -0.15) is 0 Å². The second-order valence-electron chi connectivity index (χ2n) is 11.9. The van der Waals surface area contributed by atoms with Gasteiger partial charge in [0.2, 0.25) is 5.91 Å². The molecule has 1 aliphatic heterocycles. The van der Waals surface area contributed by atoms with Crippen LogP contribution in [-0.2, 0) is 22.5 Å². The highest BCUT2D eigenvalue weighted by Crippen LogP contribution is 2.25. The van der Waals surface area contributed by atoms with Gasteiger partial charge in [0.15, 0.2) is 0 Å². The maximum Gasteiger partial charge on any atom is 0.338 e. The number of ether oxygens (including phenoxy) is 1. The highest BCUT2D eigenvalue weighted by Gasteiger charge is 2.36. The minimum Gasteiger partial charge on any atom is -1.00 e. The number of halogens is 1. The van der Waals surface area contributed by atoms with E-state index in [1.165, 1.54) is 0 Å². The number of hydrogen-bond acceptors (Lipinski definition) is 6. The van der Waals surface area contributed by atoms with Crippen molar-refractivity contribution in [2.24, 2.45) is 0 Å². The van der Waals surface area contributed by atoms with Crippen molar-refractivity contribution in [3.05, 3.63) is 102 Å². The smallest absolute Gasteiger partial charge is 0.338 e. The van der Waals surface area contributed by atoms with E-state index >= 15 is 0 Å². The molecule has 3 aromatic rings. The van der Waals surface area contributed by atoms with Gasteiger partial charge < -0.3 is 59.4 Å². The molecule has 1 fully saturated rings. The van der Waals surface area contributed by atoms with Gasteiger partial charge >= 0.3 is 12.0 Å². The summed E-state index contributed by atoms with van der Waals surface area (Å²) in [7, 11) is 0. The fourth-order valence-electron chi connectivity index (χ4n) is 5.81. The summed E-state index contributed by atoms with van der Waals surface area (Å²) in [6.07, 6.45) is 3.55. The van der Waals surface area contributed by atoms with E-state index in [1.54, 1.807) is 74.5 Å². The van der Waals surface area contributed by atoms with Gasteiger partial charge in [-0.05, 0) is 86.9 Å². The number of quaternary nitrogens is 1. The molecule has 0 spiro atoms. The molecule has 3 aromatic carbocycles. The molecular weight excluding hydrogens is 699 g/mol. The van der Waals surface area contributed by atoms with E-state index in [1.807, 2.05) is 18.2 Å². The molecule has 1 aliphatic rings. The summed E-state index contributed by atoms with van der Waals surface area (Å²) in [5.41, 5.74) is 2.59. The average molecular weight is 743 g/mol. The van der Waals surface area contributed by atoms with Crippen molar-refractivity contribution >= 4 is 23.6 Å². The van der Waals surface area contributed by atoms with Crippen molar-refractivity contribution in [2.45, 2.75) is 57.8 Å². The number of benzene rings is 3. The molecule has 11 heteroatoms. The lowest BCUT2D eigenvalue weighted by molar-refractivity contribution is -0.940. The normalized spacial score (nSPS) is 18.0. The maximum absolute atomic E-state index is 13.7. The number of amides is 3. The zero-order chi connectivity index (χ0) is 32.4. The number of phenolic OH excluding ortho intramolecular Hbond substituents is 2. The Morgan fingerprint density at radius 3 is 2.37 bits per heavy atom. The summed E-state index contributed by atoms with van der Waals surface area (Å²) in [6.45, 7) is 10.5. The molecule has 1 heterocycles. The predicted octanol–water partition coefficient (Wildman–Crippen LogP) is 1.88. The first-order valence-electron chi connectivity index (χ1n) is 15.2. The van der Waals surface area contributed by atoms with Crippen LogP contribution >= 0.6 is 0 Å². The zero-order valence-corrected chi connectivity index (χ0v) is 28.4. The summed E-state index contributed by atoms with van der Waals surface area (Å²) in [5.74, 6) is -0.438. The Labute approximate surface area is 287 Å². The number of aromatic hydroxyl groups is 2. The fourth-order valence-corrected chi connectivity index (χ4v) is 5.81. The number of nitrogens with one attached hydrogen (secondary N) is 3. The fraction of sp³-hybridized carbons (Fsp3) is 0.343. The second-order valence-corrected chi connectivity index (χ2v) is 11.9. The van der Waals surface area contributed by atoms with Gasteiger partial charge in [0.25, 0.3) is 0 Å². The van der Waals surface area contributed by atoms with Crippen molar-refractivity contribution in [3.63, 3.8) is 0 Å². The Hall–Kier alpha value is -4.10. The SMILES string of the molecule is C=CC[N+]1(Cc2cccc(O)c2)CCC[C@H](NC(=O)[C@H](Cc2ccc(O)cc2)NC(=O)Nc2ccc(C(=O)OC(C)C)cc2)C1.[I-]. The van der Waals surface area contributed by atoms with E-state index in [0.29, 0.717) is 35.4 Å². The van der Waals surface area contributed by atoms with Gasteiger partial charge in [0.1, 0.15) is 24.1 Å². The lowest BCUT2D eigenvalue weighted by Crippen LogP contribution is -3.00. The van der Waals surface area contributed by atoms with Crippen molar-refractivity contribution in [2.75, 3.05) is 25.0 Å². The van der Waals surface area contributed by atoms with Crippen LogP contribution in [0, 0.1) is 0 Å². The van der Waals surface area contributed by atoms with E-state index in [4.69, 9.17) is 4.74 Å². The number of nitrogens with zero attached hydrogens (tertiary/aromatic N) is 1. The maximum atomic E-state index is 13.7. The van der Waals surface area contributed by atoms with Crippen LogP contribution in [0.4, 0.5) is 10.5 Å². The Morgan fingerprint density at radius 1 is 1.00 bits per heavy atom. The Bertz CT molecular complexity index is 1480. The topological polar surface area (TPSA) is 137 Å². The van der Waals surface area contributed by atoms with Gasteiger partial charge in [-0.1, -0.05) is 30.8 Å². The van der Waals surface area contributed by atoms with E-state index in [0.717, 1.165) is 30.5 Å². The molecule has 0 radical (unpaired) electrons. The Kier molecular flexibility index (Phi) is 13.4. The van der Waals surface area contributed by atoms with Crippen LogP contribution in [0.3, 0.4) is 0 Å². The van der Waals surface area contributed by atoms with Crippen LogP contribution < -0.4 is 39.9 Å². The van der Waals surface area contributed by atoms with Crippen LogP contribution in [0.25, 0.3) is 0 Å². The van der Waals surface area contributed by atoms with E-state index in [9.17, 15) is 24.6 Å². The average Bonchev–Trinajstić information content (AvgIpc) is 2.98. The first-order chi connectivity index (χ1) is 21.5. The lowest BCUT2D eigenvalue weighted by atomic mass is 9.99. The highest BCUT2D eigenvalue weighted by atomic mass is 127. The Balaban J connectivity index is 0.00000576. The number of phenols is 2. The number of hydrogen-bond donors (Lipinski definition) is 5. The molecule has 1 unspecified atom stereocenters. The molecule has 0 aromatic heterocycles. The zero-order valence-electron chi connectivity index (χ0n) is 26.2. The summed E-state index contributed by atoms with van der Waals surface area (Å²) in [4.78, 5) is 39.0. The number of carbonyl (C=O) groups is 3. The standard InChI is InChI=1S/C35H42N4O6.HI/c1-4-18-39(22-26-7-5-9-31(41)20-26)19-6-8-29(23-39)36-33(42)32(21-25-10-16-30(40)17-11-25)38-35(44)37-28-14-12-27(13-15-28)34(43)45-24(2)3;/h4-5,7,9-17,20,24,29,32H,1,6,8,18-19,21-23H2,2-3H3,(H4-,36,37,38,40,41,42,43,44);1H/t29-,32-,39?;/m0./s1. The number of rotatable bonds is 12. The number of piperidine rings is 1. The van der Waals surface area contributed by atoms with Crippen molar-refractivity contribution in [1.82, 2.24) is 10.6 Å². The van der Waals surface area contributed by atoms with Gasteiger partial charge in [0.05, 0.1) is 37.3 Å². The molecule has 4 rings (SSSR count). The van der Waals surface area contributed by atoms with Crippen molar-refractivity contribution < 1.29 is 57.8 Å². The molecule has 5 N–H and O–H groups in total. The van der Waals surface area contributed by atoms with Crippen molar-refractivity contribution in [1.29, 1.82) is 0 Å². The number of likely N-dealkylation sites (tertiary alicyclic amines) is 1. The molecule has 1 saturated heterocycles. The minimum atomic E-state index is -0.899. The second kappa shape index (κ2) is 17.0. The summed E-state index contributed by atoms with van der Waals surface area (Å²) >= 11 is 0. The van der Waals surface area contributed by atoms with Gasteiger partial charge in [-0.15, -0.1) is 0 Å². The van der Waals surface area contributed by atoms with Crippen LogP contribution in [0.15, 0.2) is 85.5 Å². The largest absolute Gasteiger partial charge is 1.00 e. The van der Waals surface area contributed by atoms with Crippen LogP contribution in [-0.4, -0.2) is 70.4 Å². The van der Waals surface area contributed by atoms with Gasteiger partial charge in [-0.25, -0.2) is 9.59 Å². The molecule has 246 valence electrons. The van der Waals surface area contributed by atoms with Crippen LogP contribution in [0.5, 0.6) is 11.5 Å². The van der Waals surface area contributed by atoms with Gasteiger partial charge in [0, 0.05) is 17.7 Å². The first-order valence-corrected chi connectivity index (χ1v) is 15.2.